The Bertz CT molecular complexity index is 334. The fourth-order valence-electron chi connectivity index (χ4n) is 0.557. The second kappa shape index (κ2) is 15.3. The van der Waals surface area contributed by atoms with Gasteiger partial charge in [0.05, 0.1) is 7.11 Å². The van der Waals surface area contributed by atoms with E-state index in [1.54, 1.807) is 7.11 Å². The van der Waals surface area contributed by atoms with Crippen LogP contribution in [0, 0.1) is 0 Å². The summed E-state index contributed by atoms with van der Waals surface area (Å²) in [4.78, 5) is 0. The van der Waals surface area contributed by atoms with E-state index in [1.165, 1.54) is 0 Å². The first kappa shape index (κ1) is 31.8. The molecular weight excluding hydrogens is 400 g/mol. The van der Waals surface area contributed by atoms with Crippen molar-refractivity contribution < 1.29 is 108 Å². The van der Waals surface area contributed by atoms with Gasteiger partial charge in [0.1, 0.15) is 5.75 Å². The van der Waals surface area contributed by atoms with E-state index in [9.17, 15) is 51.8 Å². The summed E-state index contributed by atoms with van der Waals surface area (Å²) < 4.78 is 122. The Labute approximate surface area is 171 Å². The molecule has 24 heavy (non-hydrogen) atoms. The molecule has 1 aromatic rings. The van der Waals surface area contributed by atoms with Crippen molar-refractivity contribution in [1.82, 2.24) is 0 Å². The van der Waals surface area contributed by atoms with Gasteiger partial charge in [0.2, 0.25) is 0 Å². The molecule has 17 heteroatoms. The first-order chi connectivity index (χ1) is 9.93. The smallest absolute Gasteiger partial charge is 0.497 e. The molecule has 0 N–H and O–H groups in total. The minimum atomic E-state index is -6.00. The molecule has 0 saturated heterocycles. The van der Waals surface area contributed by atoms with Gasteiger partial charge in [-0.3, -0.25) is 0 Å². The quantitative estimate of drug-likeness (QED) is 0.514. The maximum Gasteiger partial charge on any atom is 1.00 e. The first-order valence-corrected chi connectivity index (χ1v) is 5.14. The topological polar surface area (TPSA) is 9.23 Å². The molecule has 0 amide bonds. The summed E-state index contributed by atoms with van der Waals surface area (Å²) in [6, 6.07) is 9.68. The molecule has 0 radical (unpaired) electrons. The number of hydrogen-bond donors (Lipinski definition) is 0. The Morgan fingerprint density at radius 2 is 0.792 bits per heavy atom. The van der Waals surface area contributed by atoms with Crippen LogP contribution in [0.25, 0.3) is 0 Å². The third kappa shape index (κ3) is 97.0. The molecule has 0 atom stereocenters. The molecule has 0 unspecified atom stereocenters. The molecule has 0 heterocycles. The molecule has 0 aliphatic carbocycles. The second-order valence-electron chi connectivity index (χ2n) is 3.00. The van der Waals surface area contributed by atoms with Gasteiger partial charge in [-0.05, 0) is 12.1 Å². The molecule has 1 rings (SSSR count). The number of rotatable bonds is 1. The predicted octanol–water partition coefficient (Wildman–Crippen LogP) is 2.60. The van der Waals surface area contributed by atoms with E-state index in [0.717, 1.165) is 5.75 Å². The van der Waals surface area contributed by atoms with E-state index in [1.807, 2.05) is 30.3 Å². The van der Waals surface area contributed by atoms with E-state index in [0.29, 0.717) is 0 Å². The van der Waals surface area contributed by atoms with Gasteiger partial charge in [-0.2, -0.15) is 0 Å². The number of hydrogen-bond acceptors (Lipinski definition) is 1. The van der Waals surface area contributed by atoms with Crippen LogP contribution >= 0.6 is 0 Å². The minimum absolute atomic E-state index is 0. The van der Waals surface area contributed by atoms with Gasteiger partial charge in [0.15, 0.2) is 0 Å². The standard InChI is InChI=1S/C7H8O.3BF4.K/c1-8-7-5-3-2-4-6-7;3*2-1(3,4)5;/h2-6H,1H3;;;;/q;3*-1;+1. The van der Waals surface area contributed by atoms with Crippen LogP contribution in [-0.4, -0.2) is 28.9 Å². The van der Waals surface area contributed by atoms with Crippen molar-refractivity contribution in [1.29, 1.82) is 0 Å². The Balaban J connectivity index is -0.000000113. The molecule has 0 aromatic heterocycles. The van der Waals surface area contributed by atoms with E-state index in [2.05, 4.69) is 0 Å². The SMILES string of the molecule is COc1ccccc1.F[B-](F)(F)F.F[B-](F)(F)F.F[B-](F)(F)F.[K+]. The van der Waals surface area contributed by atoms with Crippen molar-refractivity contribution in [2.24, 2.45) is 0 Å². The van der Waals surface area contributed by atoms with Crippen molar-refractivity contribution in [3.8, 4) is 5.75 Å². The molecule has 138 valence electrons. The number of ether oxygens (including phenoxy) is 1. The zero-order chi connectivity index (χ0) is 19.3. The normalized spacial score (nSPS) is 10.4. The third-order valence-electron chi connectivity index (χ3n) is 0.979. The predicted molar refractivity (Wildman–Crippen MR) is 63.6 cm³/mol. The van der Waals surface area contributed by atoms with Gasteiger partial charge in [0.25, 0.3) is 0 Å². The van der Waals surface area contributed by atoms with Crippen molar-refractivity contribution in [3.05, 3.63) is 30.3 Å². The summed E-state index contributed by atoms with van der Waals surface area (Å²) in [5, 5.41) is 0. The van der Waals surface area contributed by atoms with E-state index >= 15 is 0 Å². The monoisotopic (exact) mass is 408 g/mol. The van der Waals surface area contributed by atoms with Crippen LogP contribution in [0.2, 0.25) is 0 Å². The molecular formula is C7H8B3F12KO-2. The maximum atomic E-state index is 9.75. The van der Waals surface area contributed by atoms with Crippen LogP contribution in [0.4, 0.5) is 51.8 Å². The third-order valence-corrected chi connectivity index (χ3v) is 0.979. The number of halogens is 12. The molecule has 0 aliphatic rings. The Morgan fingerprint density at radius 3 is 0.917 bits per heavy atom. The Kier molecular flexibility index (Phi) is 20.2. The molecule has 0 bridgehead atoms. The minimum Gasteiger partial charge on any atom is -0.497 e. The molecule has 1 nitrogen and oxygen atoms in total. The zero-order valence-electron chi connectivity index (χ0n) is 12.1. The zero-order valence-corrected chi connectivity index (χ0v) is 15.2. The van der Waals surface area contributed by atoms with E-state index < -0.39 is 21.8 Å². The maximum absolute atomic E-state index is 9.75. The van der Waals surface area contributed by atoms with E-state index in [-0.39, 0.29) is 51.4 Å². The average Bonchev–Trinajstić information content (AvgIpc) is 2.23. The summed E-state index contributed by atoms with van der Waals surface area (Å²) in [7, 11) is -16.3. The number of benzene rings is 1. The van der Waals surface area contributed by atoms with Gasteiger partial charge < -0.3 is 56.5 Å². The average molecular weight is 408 g/mol. The summed E-state index contributed by atoms with van der Waals surface area (Å²) in [5.41, 5.74) is 0. The first-order valence-electron chi connectivity index (χ1n) is 5.14. The van der Waals surface area contributed by atoms with Gasteiger partial charge in [-0.25, -0.2) is 0 Å². The van der Waals surface area contributed by atoms with Crippen molar-refractivity contribution in [2.75, 3.05) is 7.11 Å². The fourth-order valence-corrected chi connectivity index (χ4v) is 0.557. The summed E-state index contributed by atoms with van der Waals surface area (Å²) in [6.45, 7) is 0. The summed E-state index contributed by atoms with van der Waals surface area (Å²) >= 11 is 0. The fraction of sp³-hybridized carbons (Fsp3) is 0.143. The molecule has 1 aromatic carbocycles. The van der Waals surface area contributed by atoms with Crippen LogP contribution in [0.3, 0.4) is 0 Å². The summed E-state index contributed by atoms with van der Waals surface area (Å²) in [6.07, 6.45) is 0. The number of methoxy groups -OCH3 is 1. The molecule has 0 aliphatic heterocycles. The van der Waals surface area contributed by atoms with Crippen LogP contribution in [-0.2, 0) is 0 Å². The van der Waals surface area contributed by atoms with Gasteiger partial charge >= 0.3 is 73.1 Å². The Morgan fingerprint density at radius 1 is 0.583 bits per heavy atom. The molecule has 0 spiro atoms. The van der Waals surface area contributed by atoms with Crippen LogP contribution in [0.15, 0.2) is 30.3 Å². The van der Waals surface area contributed by atoms with Crippen LogP contribution in [0.5, 0.6) is 5.75 Å². The number of para-hydroxylation sites is 1. The van der Waals surface area contributed by atoms with Crippen LogP contribution < -0.4 is 56.1 Å². The van der Waals surface area contributed by atoms with Gasteiger partial charge in [0, 0.05) is 0 Å². The van der Waals surface area contributed by atoms with Gasteiger partial charge in [-0.1, -0.05) is 18.2 Å². The Hall–Kier alpha value is 0.0112. The van der Waals surface area contributed by atoms with Crippen molar-refractivity contribution >= 4 is 21.8 Å². The second-order valence-corrected chi connectivity index (χ2v) is 3.00. The largest absolute Gasteiger partial charge is 1.00 e. The molecule has 0 fully saturated rings. The molecule has 0 saturated carbocycles. The van der Waals surface area contributed by atoms with Crippen molar-refractivity contribution in [2.45, 2.75) is 0 Å². The van der Waals surface area contributed by atoms with Gasteiger partial charge in [-0.15, -0.1) is 0 Å². The van der Waals surface area contributed by atoms with Crippen LogP contribution in [0.1, 0.15) is 0 Å². The summed E-state index contributed by atoms with van der Waals surface area (Å²) in [5.74, 6) is 0.910. The van der Waals surface area contributed by atoms with E-state index in [4.69, 9.17) is 4.74 Å². The van der Waals surface area contributed by atoms with Crippen molar-refractivity contribution in [3.63, 3.8) is 0 Å².